The molecule has 2 aromatic carbocycles. The van der Waals surface area contributed by atoms with Gasteiger partial charge in [0.1, 0.15) is 0 Å². The van der Waals surface area contributed by atoms with E-state index in [9.17, 15) is 4.79 Å². The van der Waals surface area contributed by atoms with Crippen LogP contribution in [-0.2, 0) is 10.2 Å². The second kappa shape index (κ2) is 8.14. The van der Waals surface area contributed by atoms with E-state index in [1.54, 1.807) is 4.68 Å². The maximum atomic E-state index is 12.6. The predicted molar refractivity (Wildman–Crippen MR) is 113 cm³/mol. The molecule has 3 aromatic rings. The van der Waals surface area contributed by atoms with Gasteiger partial charge in [-0.15, -0.1) is 5.10 Å². The number of amides is 1. The van der Waals surface area contributed by atoms with Crippen LogP contribution in [0.4, 0.5) is 5.69 Å². The van der Waals surface area contributed by atoms with E-state index in [-0.39, 0.29) is 16.6 Å². The molecule has 28 heavy (non-hydrogen) atoms. The Morgan fingerprint density at radius 3 is 2.50 bits per heavy atom. The third kappa shape index (κ3) is 4.78. The maximum absolute atomic E-state index is 12.6. The van der Waals surface area contributed by atoms with Gasteiger partial charge in [-0.2, -0.15) is 4.68 Å². The Morgan fingerprint density at radius 1 is 1.14 bits per heavy atom. The highest BCUT2D eigenvalue weighted by molar-refractivity contribution is 8.00. The molecule has 7 heteroatoms. The lowest BCUT2D eigenvalue weighted by Gasteiger charge is -2.19. The molecule has 1 heterocycles. The van der Waals surface area contributed by atoms with E-state index >= 15 is 0 Å². The third-order valence-electron chi connectivity index (χ3n) is 4.36. The van der Waals surface area contributed by atoms with Gasteiger partial charge in [-0.3, -0.25) is 4.79 Å². The minimum atomic E-state index is -0.350. The number of benzene rings is 2. The topological polar surface area (TPSA) is 72.7 Å². The summed E-state index contributed by atoms with van der Waals surface area (Å²) < 4.78 is 1.65. The number of anilines is 1. The fourth-order valence-electron chi connectivity index (χ4n) is 2.68. The summed E-state index contributed by atoms with van der Waals surface area (Å²) in [5, 5.41) is 15.1. The fourth-order valence-corrected chi connectivity index (χ4v) is 3.49. The third-order valence-corrected chi connectivity index (χ3v) is 5.39. The molecule has 0 aliphatic heterocycles. The lowest BCUT2D eigenvalue weighted by Crippen LogP contribution is -2.23. The number of aryl methyl sites for hydroxylation is 1. The summed E-state index contributed by atoms with van der Waals surface area (Å²) in [5.74, 6) is -0.0905. The van der Waals surface area contributed by atoms with E-state index in [0.29, 0.717) is 5.16 Å². The molecule has 6 nitrogen and oxygen atoms in total. The van der Waals surface area contributed by atoms with Gasteiger partial charge >= 0.3 is 0 Å². The molecule has 0 saturated carbocycles. The van der Waals surface area contributed by atoms with Crippen molar-refractivity contribution in [3.05, 3.63) is 59.7 Å². The number of tetrazole rings is 1. The Balaban J connectivity index is 1.68. The zero-order chi connectivity index (χ0) is 20.3. The van der Waals surface area contributed by atoms with Gasteiger partial charge in [-0.05, 0) is 65.1 Å². The molecule has 1 aromatic heterocycles. The Kier molecular flexibility index (Phi) is 5.84. The Morgan fingerprint density at radius 2 is 1.86 bits per heavy atom. The maximum Gasteiger partial charge on any atom is 0.237 e. The van der Waals surface area contributed by atoms with Crippen LogP contribution in [0.15, 0.2) is 53.7 Å². The minimum absolute atomic E-state index is 0.0819. The number of hydrogen-bond acceptors (Lipinski definition) is 5. The summed E-state index contributed by atoms with van der Waals surface area (Å²) in [6.45, 7) is 10.4. The Hall–Kier alpha value is -2.67. The normalized spacial score (nSPS) is 12.6. The van der Waals surface area contributed by atoms with Gasteiger partial charge in [0.05, 0.1) is 10.9 Å². The summed E-state index contributed by atoms with van der Waals surface area (Å²) in [4.78, 5) is 12.6. The predicted octanol–water partition coefficient (Wildman–Crippen LogP) is 4.39. The van der Waals surface area contributed by atoms with Crippen molar-refractivity contribution in [2.75, 3.05) is 5.32 Å². The van der Waals surface area contributed by atoms with Gasteiger partial charge in [0.2, 0.25) is 11.1 Å². The molecule has 0 fully saturated rings. The van der Waals surface area contributed by atoms with Crippen molar-refractivity contribution in [3.63, 3.8) is 0 Å². The standard InChI is InChI=1S/C21H25N5OS/c1-14-7-6-8-18(13-14)26-20(23-24-25-26)28-15(2)19(27)22-17-11-9-16(10-12-17)21(3,4)5/h6-13,15H,1-5H3,(H,22,27). The van der Waals surface area contributed by atoms with Crippen LogP contribution in [-0.4, -0.2) is 31.4 Å². The first-order valence-corrected chi connectivity index (χ1v) is 10.1. The Labute approximate surface area is 169 Å². The van der Waals surface area contributed by atoms with Crippen LogP contribution < -0.4 is 5.32 Å². The van der Waals surface area contributed by atoms with Crippen LogP contribution >= 0.6 is 11.8 Å². The average molecular weight is 396 g/mol. The monoisotopic (exact) mass is 395 g/mol. The van der Waals surface area contributed by atoms with Gasteiger partial charge in [0.25, 0.3) is 0 Å². The van der Waals surface area contributed by atoms with Crippen molar-refractivity contribution >= 4 is 23.4 Å². The van der Waals surface area contributed by atoms with Gasteiger partial charge in [-0.25, -0.2) is 0 Å². The van der Waals surface area contributed by atoms with Gasteiger partial charge < -0.3 is 5.32 Å². The highest BCUT2D eigenvalue weighted by atomic mass is 32.2. The van der Waals surface area contributed by atoms with Gasteiger partial charge in [0, 0.05) is 5.69 Å². The number of rotatable bonds is 5. The molecular weight excluding hydrogens is 370 g/mol. The molecule has 0 spiro atoms. The lowest BCUT2D eigenvalue weighted by molar-refractivity contribution is -0.115. The molecule has 0 aliphatic carbocycles. The van der Waals surface area contributed by atoms with Crippen molar-refractivity contribution in [1.29, 1.82) is 0 Å². The van der Waals surface area contributed by atoms with E-state index in [4.69, 9.17) is 0 Å². The van der Waals surface area contributed by atoms with Crippen LogP contribution in [0.3, 0.4) is 0 Å². The first kappa shape index (κ1) is 20.1. The molecular formula is C21H25N5OS. The number of carbonyl (C=O) groups excluding carboxylic acids is 1. The van der Waals surface area contributed by atoms with Crippen LogP contribution in [0.2, 0.25) is 0 Å². The van der Waals surface area contributed by atoms with E-state index in [1.165, 1.54) is 17.3 Å². The van der Waals surface area contributed by atoms with Crippen molar-refractivity contribution in [2.45, 2.75) is 50.4 Å². The van der Waals surface area contributed by atoms with Crippen LogP contribution in [0.25, 0.3) is 5.69 Å². The van der Waals surface area contributed by atoms with Gasteiger partial charge in [0.15, 0.2) is 0 Å². The molecule has 0 saturated heterocycles. The zero-order valence-corrected chi connectivity index (χ0v) is 17.6. The zero-order valence-electron chi connectivity index (χ0n) is 16.8. The number of nitrogens with one attached hydrogen (secondary N) is 1. The molecule has 146 valence electrons. The smallest absolute Gasteiger partial charge is 0.237 e. The molecule has 1 atom stereocenters. The highest BCUT2D eigenvalue weighted by Gasteiger charge is 2.20. The van der Waals surface area contributed by atoms with Crippen molar-refractivity contribution in [2.24, 2.45) is 0 Å². The highest BCUT2D eigenvalue weighted by Crippen LogP contribution is 2.26. The molecule has 1 unspecified atom stereocenters. The molecule has 0 radical (unpaired) electrons. The molecule has 1 amide bonds. The Bertz CT molecular complexity index is 959. The van der Waals surface area contributed by atoms with Crippen molar-refractivity contribution in [1.82, 2.24) is 20.2 Å². The second-order valence-corrected chi connectivity index (χ2v) is 9.10. The quantitative estimate of drug-likeness (QED) is 0.649. The van der Waals surface area contributed by atoms with Gasteiger partial charge in [-0.1, -0.05) is 56.8 Å². The first-order valence-electron chi connectivity index (χ1n) is 9.17. The summed E-state index contributed by atoms with van der Waals surface area (Å²) in [7, 11) is 0. The van der Waals surface area contributed by atoms with Crippen molar-refractivity contribution in [3.8, 4) is 5.69 Å². The molecule has 0 bridgehead atoms. The van der Waals surface area contributed by atoms with E-state index < -0.39 is 0 Å². The number of thioether (sulfide) groups is 1. The molecule has 3 rings (SSSR count). The largest absolute Gasteiger partial charge is 0.325 e. The molecule has 1 N–H and O–H groups in total. The lowest BCUT2D eigenvalue weighted by atomic mass is 9.87. The number of hydrogen-bond donors (Lipinski definition) is 1. The number of carbonyl (C=O) groups is 1. The minimum Gasteiger partial charge on any atom is -0.325 e. The fraction of sp³-hybridized carbons (Fsp3) is 0.333. The summed E-state index contributed by atoms with van der Waals surface area (Å²) >= 11 is 1.33. The number of nitrogens with zero attached hydrogens (tertiary/aromatic N) is 4. The molecule has 0 aliphatic rings. The van der Waals surface area contributed by atoms with Crippen LogP contribution in [0.5, 0.6) is 0 Å². The second-order valence-electron chi connectivity index (χ2n) is 7.79. The van der Waals surface area contributed by atoms with E-state index in [1.807, 2.05) is 62.4 Å². The first-order chi connectivity index (χ1) is 13.2. The van der Waals surface area contributed by atoms with E-state index in [2.05, 4.69) is 41.6 Å². The van der Waals surface area contributed by atoms with Crippen LogP contribution in [0, 0.1) is 6.92 Å². The van der Waals surface area contributed by atoms with E-state index in [0.717, 1.165) is 16.9 Å². The summed E-state index contributed by atoms with van der Waals surface area (Å²) in [6.07, 6.45) is 0. The summed E-state index contributed by atoms with van der Waals surface area (Å²) in [5.41, 5.74) is 4.08. The van der Waals surface area contributed by atoms with Crippen molar-refractivity contribution < 1.29 is 4.79 Å². The number of aromatic nitrogens is 4. The average Bonchev–Trinajstić information content (AvgIpc) is 3.09. The summed E-state index contributed by atoms with van der Waals surface area (Å²) in [6, 6.07) is 15.9. The SMILES string of the molecule is Cc1cccc(-n2nnnc2SC(C)C(=O)Nc2ccc(C(C)(C)C)cc2)c1. The van der Waals surface area contributed by atoms with Crippen LogP contribution in [0.1, 0.15) is 38.8 Å².